The third-order valence-electron chi connectivity index (χ3n) is 5.05. The summed E-state index contributed by atoms with van der Waals surface area (Å²) in [7, 11) is 0. The number of rotatable bonds is 5. The molecule has 1 atom stereocenters. The number of aromatic nitrogens is 1. The molecule has 26 heavy (non-hydrogen) atoms. The fourth-order valence-electron chi connectivity index (χ4n) is 3.43. The van der Waals surface area contributed by atoms with Crippen molar-refractivity contribution < 1.29 is 9.18 Å². The zero-order chi connectivity index (χ0) is 18.5. The Morgan fingerprint density at radius 1 is 1.19 bits per heavy atom. The van der Waals surface area contributed by atoms with Crippen LogP contribution in [0.15, 0.2) is 36.5 Å². The van der Waals surface area contributed by atoms with Gasteiger partial charge in [0.15, 0.2) is 0 Å². The van der Waals surface area contributed by atoms with Crippen molar-refractivity contribution in [3.63, 3.8) is 0 Å². The van der Waals surface area contributed by atoms with Gasteiger partial charge in [0.25, 0.3) is 0 Å². The number of benzene rings is 1. The quantitative estimate of drug-likeness (QED) is 0.890. The Hall–Kier alpha value is -2.27. The molecule has 1 aliphatic rings. The van der Waals surface area contributed by atoms with Crippen LogP contribution in [0.5, 0.6) is 0 Å². The van der Waals surface area contributed by atoms with Gasteiger partial charge >= 0.3 is 0 Å². The molecule has 2 heterocycles. The van der Waals surface area contributed by atoms with E-state index in [0.717, 1.165) is 48.3 Å². The zero-order valence-electron chi connectivity index (χ0n) is 15.5. The van der Waals surface area contributed by atoms with Gasteiger partial charge in [0.1, 0.15) is 11.9 Å². The van der Waals surface area contributed by atoms with Crippen molar-refractivity contribution in [2.75, 3.05) is 13.1 Å². The molecule has 1 unspecified atom stereocenters. The number of nitrogens with one attached hydrogen (secondary N) is 1. The molecule has 138 valence electrons. The third-order valence-corrected chi connectivity index (χ3v) is 5.05. The SMILES string of the molecule is Cc1cc(CNC(=O)C(c2ccc(F)cc2)N2CCCCC2)cnc1C. The molecule has 1 saturated heterocycles. The first kappa shape index (κ1) is 18.5. The van der Waals surface area contributed by atoms with Gasteiger partial charge in [-0.25, -0.2) is 4.39 Å². The fourth-order valence-corrected chi connectivity index (χ4v) is 3.43. The number of hydrogen-bond acceptors (Lipinski definition) is 3. The van der Waals surface area contributed by atoms with Crippen LogP contribution in [0.25, 0.3) is 0 Å². The van der Waals surface area contributed by atoms with Crippen molar-refractivity contribution >= 4 is 5.91 Å². The maximum absolute atomic E-state index is 13.3. The van der Waals surface area contributed by atoms with Crippen molar-refractivity contribution in [2.45, 2.75) is 45.7 Å². The van der Waals surface area contributed by atoms with Crippen LogP contribution in [-0.4, -0.2) is 28.9 Å². The highest BCUT2D eigenvalue weighted by Crippen LogP contribution is 2.25. The van der Waals surface area contributed by atoms with E-state index in [9.17, 15) is 9.18 Å². The van der Waals surface area contributed by atoms with Crippen molar-refractivity contribution in [3.05, 3.63) is 64.7 Å². The molecule has 1 N–H and O–H groups in total. The Kier molecular flexibility index (Phi) is 5.99. The van der Waals surface area contributed by atoms with Crippen LogP contribution in [0.2, 0.25) is 0 Å². The lowest BCUT2D eigenvalue weighted by molar-refractivity contribution is -0.127. The molecular weight excluding hydrogens is 329 g/mol. The molecule has 0 radical (unpaired) electrons. The van der Waals surface area contributed by atoms with Gasteiger partial charge in [-0.1, -0.05) is 24.6 Å². The van der Waals surface area contributed by atoms with Crippen LogP contribution in [0, 0.1) is 19.7 Å². The van der Waals surface area contributed by atoms with E-state index in [1.807, 2.05) is 13.8 Å². The number of likely N-dealkylation sites (tertiary alicyclic amines) is 1. The minimum Gasteiger partial charge on any atom is -0.350 e. The number of pyridine rings is 1. The number of carbonyl (C=O) groups is 1. The second kappa shape index (κ2) is 8.41. The number of aryl methyl sites for hydroxylation is 2. The summed E-state index contributed by atoms with van der Waals surface area (Å²) < 4.78 is 13.3. The smallest absolute Gasteiger partial charge is 0.242 e. The Morgan fingerprint density at radius 3 is 2.54 bits per heavy atom. The van der Waals surface area contributed by atoms with Crippen molar-refractivity contribution in [2.24, 2.45) is 0 Å². The molecular formula is C21H26FN3O. The molecule has 1 aromatic heterocycles. The number of hydrogen-bond donors (Lipinski definition) is 1. The van der Waals surface area contributed by atoms with Crippen LogP contribution in [0.1, 0.15) is 47.7 Å². The molecule has 1 amide bonds. The van der Waals surface area contributed by atoms with Gasteiger partial charge < -0.3 is 5.32 Å². The standard InChI is InChI=1S/C21H26FN3O/c1-15-12-17(13-23-16(15)2)14-24-21(26)20(25-10-4-3-5-11-25)18-6-8-19(22)9-7-18/h6-9,12-13,20H,3-5,10-11,14H2,1-2H3,(H,24,26). The number of nitrogens with zero attached hydrogens (tertiary/aromatic N) is 2. The van der Waals surface area contributed by atoms with Crippen LogP contribution in [0.3, 0.4) is 0 Å². The van der Waals surface area contributed by atoms with Crippen molar-refractivity contribution in [1.29, 1.82) is 0 Å². The lowest BCUT2D eigenvalue weighted by atomic mass is 10.0. The molecule has 1 aromatic carbocycles. The third kappa shape index (κ3) is 4.47. The van der Waals surface area contributed by atoms with Crippen LogP contribution >= 0.6 is 0 Å². The van der Waals surface area contributed by atoms with E-state index < -0.39 is 0 Å². The van der Waals surface area contributed by atoms with E-state index in [-0.39, 0.29) is 17.8 Å². The number of carbonyl (C=O) groups excluding carboxylic acids is 1. The largest absolute Gasteiger partial charge is 0.350 e. The molecule has 5 heteroatoms. The summed E-state index contributed by atoms with van der Waals surface area (Å²) in [6.07, 6.45) is 5.18. The number of piperidine rings is 1. The summed E-state index contributed by atoms with van der Waals surface area (Å²) >= 11 is 0. The fraction of sp³-hybridized carbons (Fsp3) is 0.429. The van der Waals surface area contributed by atoms with Crippen LogP contribution in [0.4, 0.5) is 4.39 Å². The van der Waals surface area contributed by atoms with E-state index in [0.29, 0.717) is 6.54 Å². The lowest BCUT2D eigenvalue weighted by Gasteiger charge is -2.34. The van der Waals surface area contributed by atoms with Gasteiger partial charge in [-0.2, -0.15) is 0 Å². The van der Waals surface area contributed by atoms with Gasteiger partial charge in [-0.15, -0.1) is 0 Å². The normalized spacial score (nSPS) is 16.3. The topological polar surface area (TPSA) is 45.2 Å². The predicted octanol–water partition coefficient (Wildman–Crippen LogP) is 3.68. The summed E-state index contributed by atoms with van der Waals surface area (Å²) in [5.74, 6) is -0.329. The molecule has 1 aliphatic heterocycles. The Bertz CT molecular complexity index is 754. The maximum atomic E-state index is 13.3. The Labute approximate surface area is 154 Å². The molecule has 2 aromatic rings. The van der Waals surface area contributed by atoms with Gasteiger partial charge in [0.2, 0.25) is 5.91 Å². The van der Waals surface area contributed by atoms with Crippen LogP contribution < -0.4 is 5.32 Å². The minimum absolute atomic E-state index is 0.0447. The first-order valence-electron chi connectivity index (χ1n) is 9.24. The molecule has 1 fully saturated rings. The van der Waals surface area contributed by atoms with E-state index >= 15 is 0 Å². The van der Waals surface area contributed by atoms with Crippen molar-refractivity contribution in [1.82, 2.24) is 15.2 Å². The number of halogens is 1. The van der Waals surface area contributed by atoms with Gasteiger partial charge in [0, 0.05) is 18.4 Å². The van der Waals surface area contributed by atoms with Gasteiger partial charge in [-0.3, -0.25) is 14.7 Å². The first-order chi connectivity index (χ1) is 12.5. The van der Waals surface area contributed by atoms with Crippen LogP contribution in [-0.2, 0) is 11.3 Å². The predicted molar refractivity (Wildman–Crippen MR) is 100 cm³/mol. The van der Waals surface area contributed by atoms with E-state index in [1.54, 1.807) is 18.3 Å². The second-order valence-corrected chi connectivity index (χ2v) is 7.01. The number of amides is 1. The Morgan fingerprint density at radius 2 is 1.88 bits per heavy atom. The first-order valence-corrected chi connectivity index (χ1v) is 9.24. The van der Waals surface area contributed by atoms with Gasteiger partial charge in [0.05, 0.1) is 0 Å². The minimum atomic E-state index is -0.379. The molecule has 4 nitrogen and oxygen atoms in total. The lowest BCUT2D eigenvalue weighted by Crippen LogP contribution is -2.42. The summed E-state index contributed by atoms with van der Waals surface area (Å²) in [5.41, 5.74) is 3.93. The molecule has 0 saturated carbocycles. The maximum Gasteiger partial charge on any atom is 0.242 e. The summed E-state index contributed by atoms with van der Waals surface area (Å²) in [6.45, 7) is 6.21. The zero-order valence-corrected chi connectivity index (χ0v) is 15.5. The molecule has 0 aliphatic carbocycles. The van der Waals surface area contributed by atoms with Gasteiger partial charge in [-0.05, 0) is 68.6 Å². The summed E-state index contributed by atoms with van der Waals surface area (Å²) in [5, 5.41) is 3.04. The van der Waals surface area contributed by atoms with E-state index in [4.69, 9.17) is 0 Å². The average molecular weight is 355 g/mol. The summed E-state index contributed by atoms with van der Waals surface area (Å²) in [6, 6.07) is 7.95. The van der Waals surface area contributed by atoms with E-state index in [1.165, 1.54) is 18.6 Å². The highest BCUT2D eigenvalue weighted by molar-refractivity contribution is 5.83. The molecule has 0 spiro atoms. The monoisotopic (exact) mass is 355 g/mol. The highest BCUT2D eigenvalue weighted by atomic mass is 19.1. The molecule has 0 bridgehead atoms. The highest BCUT2D eigenvalue weighted by Gasteiger charge is 2.28. The average Bonchev–Trinajstić information content (AvgIpc) is 2.65. The van der Waals surface area contributed by atoms with Crippen molar-refractivity contribution in [3.8, 4) is 0 Å². The molecule has 3 rings (SSSR count). The second-order valence-electron chi connectivity index (χ2n) is 7.01. The Balaban J connectivity index is 1.75. The summed E-state index contributed by atoms with van der Waals surface area (Å²) in [4.78, 5) is 19.5. The van der Waals surface area contributed by atoms with E-state index in [2.05, 4.69) is 21.3 Å².